The number of ketones is 1. The van der Waals surface area contributed by atoms with Crippen LogP contribution in [-0.2, 0) is 22.5 Å². The molecule has 0 amide bonds. The van der Waals surface area contributed by atoms with E-state index >= 15 is 0 Å². The molecule has 2 unspecified atom stereocenters. The molecule has 2 N–H and O–H groups in total. The monoisotopic (exact) mass is 512 g/mol. The summed E-state index contributed by atoms with van der Waals surface area (Å²) in [5, 5.41) is 12.3. The van der Waals surface area contributed by atoms with Gasteiger partial charge >= 0.3 is 0 Å². The number of fused-ring (bicyclic) bond motifs is 2. The molecule has 0 radical (unpaired) electrons. The van der Waals surface area contributed by atoms with Gasteiger partial charge in [0.1, 0.15) is 0 Å². The standard InChI is InChI=1S/C24H29BrN6O2/c1-33-10-9-31-14-19-22(21-18-12-17(25)5-4-16(18)11-20(21)32)28-24(29-23(19)30-31)27-8-6-15-3-2-7-26-13-15/h4-5,12,14-15,21,26H,2-3,6-11,13H2,1H3,(H,27,29,30). The quantitative estimate of drug-likeness (QED) is 0.478. The number of carbonyl (C=O) groups excluding carboxylic acids is 1. The Morgan fingerprint density at radius 2 is 2.24 bits per heavy atom. The summed E-state index contributed by atoms with van der Waals surface area (Å²) >= 11 is 3.56. The van der Waals surface area contributed by atoms with Gasteiger partial charge in [-0.15, -0.1) is 0 Å². The number of carbonyl (C=O) groups is 1. The zero-order chi connectivity index (χ0) is 22.8. The van der Waals surface area contributed by atoms with E-state index in [1.165, 1.54) is 12.8 Å². The molecule has 8 nitrogen and oxygen atoms in total. The van der Waals surface area contributed by atoms with E-state index in [4.69, 9.17) is 9.72 Å². The summed E-state index contributed by atoms with van der Waals surface area (Å²) in [6.07, 6.45) is 5.91. The molecule has 0 spiro atoms. The Labute approximate surface area is 201 Å². The lowest BCUT2D eigenvalue weighted by Crippen LogP contribution is -2.30. The molecule has 1 fully saturated rings. The number of anilines is 1. The number of nitrogens with one attached hydrogen (secondary N) is 2. The molecule has 1 saturated heterocycles. The first-order valence-electron chi connectivity index (χ1n) is 11.6. The zero-order valence-corrected chi connectivity index (χ0v) is 20.4. The average molecular weight is 513 g/mol. The molecule has 1 aromatic carbocycles. The van der Waals surface area contributed by atoms with E-state index in [1.54, 1.807) is 7.11 Å². The Hall–Kier alpha value is -2.36. The molecule has 33 heavy (non-hydrogen) atoms. The van der Waals surface area contributed by atoms with Crippen molar-refractivity contribution in [3.05, 3.63) is 45.7 Å². The van der Waals surface area contributed by atoms with Gasteiger partial charge in [-0.1, -0.05) is 22.0 Å². The summed E-state index contributed by atoms with van der Waals surface area (Å²) in [7, 11) is 1.67. The second-order valence-corrected chi connectivity index (χ2v) is 9.82. The van der Waals surface area contributed by atoms with Crippen molar-refractivity contribution in [2.75, 3.05) is 38.7 Å². The van der Waals surface area contributed by atoms with E-state index in [0.29, 0.717) is 37.1 Å². The van der Waals surface area contributed by atoms with Crippen LogP contribution in [0.15, 0.2) is 28.9 Å². The predicted octanol–water partition coefficient (Wildman–Crippen LogP) is 3.29. The Morgan fingerprint density at radius 1 is 1.33 bits per heavy atom. The van der Waals surface area contributed by atoms with Crippen LogP contribution >= 0.6 is 15.9 Å². The first-order valence-corrected chi connectivity index (χ1v) is 12.4. The summed E-state index contributed by atoms with van der Waals surface area (Å²) in [5.74, 6) is 0.955. The average Bonchev–Trinajstić information content (AvgIpc) is 3.37. The summed E-state index contributed by atoms with van der Waals surface area (Å²) in [5.41, 5.74) is 3.41. The number of hydrogen-bond donors (Lipinski definition) is 2. The number of Topliss-reactive ketones (excluding diaryl/α,β-unsaturated/α-hetero) is 1. The summed E-state index contributed by atoms with van der Waals surface area (Å²) < 4.78 is 7.99. The van der Waals surface area contributed by atoms with Crippen molar-refractivity contribution < 1.29 is 9.53 Å². The van der Waals surface area contributed by atoms with Crippen molar-refractivity contribution >= 4 is 38.7 Å². The minimum Gasteiger partial charge on any atom is -0.383 e. The molecule has 5 rings (SSSR count). The van der Waals surface area contributed by atoms with Crippen molar-refractivity contribution in [1.29, 1.82) is 0 Å². The number of nitrogens with zero attached hydrogens (tertiary/aromatic N) is 4. The van der Waals surface area contributed by atoms with E-state index < -0.39 is 5.92 Å². The smallest absolute Gasteiger partial charge is 0.225 e. The number of methoxy groups -OCH3 is 1. The van der Waals surface area contributed by atoms with Crippen LogP contribution in [0.25, 0.3) is 11.0 Å². The minimum absolute atomic E-state index is 0.159. The highest BCUT2D eigenvalue weighted by Crippen LogP contribution is 2.39. The second-order valence-electron chi connectivity index (χ2n) is 8.90. The van der Waals surface area contributed by atoms with Crippen LogP contribution in [0, 0.1) is 5.92 Å². The molecule has 2 aromatic heterocycles. The van der Waals surface area contributed by atoms with Gasteiger partial charge in [0.25, 0.3) is 0 Å². The van der Waals surface area contributed by atoms with Gasteiger partial charge in [-0.3, -0.25) is 9.48 Å². The Kier molecular flexibility index (Phi) is 6.71. The predicted molar refractivity (Wildman–Crippen MR) is 131 cm³/mol. The number of ether oxygens (including phenoxy) is 1. The van der Waals surface area contributed by atoms with E-state index in [9.17, 15) is 4.79 Å². The van der Waals surface area contributed by atoms with Gasteiger partial charge < -0.3 is 15.4 Å². The molecule has 1 aliphatic carbocycles. The van der Waals surface area contributed by atoms with Gasteiger partial charge in [0.15, 0.2) is 11.4 Å². The fraction of sp³-hybridized carbons (Fsp3) is 0.500. The minimum atomic E-state index is -0.411. The fourth-order valence-electron chi connectivity index (χ4n) is 4.89. The van der Waals surface area contributed by atoms with E-state index in [-0.39, 0.29) is 5.78 Å². The third-order valence-electron chi connectivity index (χ3n) is 6.59. The van der Waals surface area contributed by atoms with Gasteiger partial charge in [-0.05, 0) is 61.5 Å². The van der Waals surface area contributed by atoms with Crippen LogP contribution in [0.5, 0.6) is 0 Å². The van der Waals surface area contributed by atoms with Crippen molar-refractivity contribution in [3.63, 3.8) is 0 Å². The van der Waals surface area contributed by atoms with Crippen LogP contribution in [-0.4, -0.2) is 58.9 Å². The third kappa shape index (κ3) is 4.81. The highest BCUT2D eigenvalue weighted by Gasteiger charge is 2.35. The van der Waals surface area contributed by atoms with Crippen LogP contribution in [0.3, 0.4) is 0 Å². The Balaban J connectivity index is 1.48. The molecule has 0 saturated carbocycles. The first-order chi connectivity index (χ1) is 16.1. The van der Waals surface area contributed by atoms with Gasteiger partial charge in [0, 0.05) is 30.7 Å². The lowest BCUT2D eigenvalue weighted by atomic mass is 9.95. The van der Waals surface area contributed by atoms with Crippen molar-refractivity contribution in [3.8, 4) is 0 Å². The molecule has 3 heterocycles. The van der Waals surface area contributed by atoms with Crippen LogP contribution in [0.1, 0.15) is 42.0 Å². The number of aromatic nitrogens is 4. The molecular formula is C24H29BrN6O2. The topological polar surface area (TPSA) is 94.0 Å². The Bertz CT molecular complexity index is 1160. The van der Waals surface area contributed by atoms with Crippen LogP contribution in [0.2, 0.25) is 0 Å². The molecule has 9 heteroatoms. The number of benzene rings is 1. The van der Waals surface area contributed by atoms with Crippen LogP contribution in [0.4, 0.5) is 5.95 Å². The summed E-state index contributed by atoms with van der Waals surface area (Å²) in [6.45, 7) is 4.15. The SMILES string of the molecule is COCCn1cc2c(C3C(=O)Cc4ccc(Br)cc43)nc(NCCC3CCCNC3)nc2n1. The maximum Gasteiger partial charge on any atom is 0.225 e. The number of halogens is 1. The molecule has 3 aromatic rings. The van der Waals surface area contributed by atoms with Gasteiger partial charge in [-0.25, -0.2) is 4.98 Å². The lowest BCUT2D eigenvalue weighted by molar-refractivity contribution is -0.118. The van der Waals surface area contributed by atoms with Gasteiger partial charge in [-0.2, -0.15) is 10.1 Å². The van der Waals surface area contributed by atoms with Gasteiger partial charge in [0.2, 0.25) is 5.95 Å². The molecule has 1 aliphatic heterocycles. The normalized spacial score (nSPS) is 20.4. The third-order valence-corrected chi connectivity index (χ3v) is 7.09. The highest BCUT2D eigenvalue weighted by atomic mass is 79.9. The summed E-state index contributed by atoms with van der Waals surface area (Å²) in [4.78, 5) is 22.7. The van der Waals surface area contributed by atoms with E-state index in [1.807, 2.05) is 29.1 Å². The molecule has 2 atom stereocenters. The number of hydrogen-bond acceptors (Lipinski definition) is 7. The number of piperidine rings is 1. The highest BCUT2D eigenvalue weighted by molar-refractivity contribution is 9.10. The van der Waals surface area contributed by atoms with E-state index in [2.05, 4.69) is 36.6 Å². The van der Waals surface area contributed by atoms with Gasteiger partial charge in [0.05, 0.1) is 30.1 Å². The van der Waals surface area contributed by atoms with Crippen molar-refractivity contribution in [1.82, 2.24) is 25.1 Å². The second kappa shape index (κ2) is 9.87. The molecular weight excluding hydrogens is 484 g/mol. The van der Waals surface area contributed by atoms with Crippen molar-refractivity contribution in [2.45, 2.75) is 38.1 Å². The molecule has 2 aliphatic rings. The maximum atomic E-state index is 13.1. The largest absolute Gasteiger partial charge is 0.383 e. The molecule has 0 bridgehead atoms. The summed E-state index contributed by atoms with van der Waals surface area (Å²) in [6, 6.07) is 6.05. The van der Waals surface area contributed by atoms with E-state index in [0.717, 1.165) is 52.7 Å². The molecule has 174 valence electrons. The van der Waals surface area contributed by atoms with Crippen molar-refractivity contribution in [2.24, 2.45) is 5.92 Å². The fourth-order valence-corrected chi connectivity index (χ4v) is 5.27. The number of rotatable bonds is 8. The first kappa shape index (κ1) is 22.4. The Morgan fingerprint density at radius 3 is 3.06 bits per heavy atom. The van der Waals surface area contributed by atoms with Crippen LogP contribution < -0.4 is 10.6 Å². The maximum absolute atomic E-state index is 13.1. The zero-order valence-electron chi connectivity index (χ0n) is 18.8. The lowest BCUT2D eigenvalue weighted by Gasteiger charge is -2.22.